The molecule has 0 aromatic carbocycles. The lowest BCUT2D eigenvalue weighted by Gasteiger charge is -2.38. The molecule has 1 aromatic heterocycles. The van der Waals surface area contributed by atoms with E-state index in [0.29, 0.717) is 12.3 Å². The van der Waals surface area contributed by atoms with Gasteiger partial charge in [-0.05, 0) is 25.8 Å². The number of piperidine rings is 1. The molecule has 1 aliphatic rings. The van der Waals surface area contributed by atoms with Crippen molar-refractivity contribution in [3.05, 3.63) is 16.1 Å². The minimum atomic E-state index is -0.564. The minimum absolute atomic E-state index is 0.299. The largest absolute Gasteiger partial charge is 0.389 e. The van der Waals surface area contributed by atoms with Gasteiger partial charge in [-0.3, -0.25) is 0 Å². The molecule has 2 N–H and O–H groups in total. The second-order valence-electron chi connectivity index (χ2n) is 4.49. The summed E-state index contributed by atoms with van der Waals surface area (Å²) in [7, 11) is 0. The predicted molar refractivity (Wildman–Crippen MR) is 62.2 cm³/mol. The minimum Gasteiger partial charge on any atom is -0.389 e. The van der Waals surface area contributed by atoms with E-state index in [1.807, 2.05) is 6.92 Å². The summed E-state index contributed by atoms with van der Waals surface area (Å²) in [5, 5.41) is 17.0. The first-order valence-electron chi connectivity index (χ1n) is 5.44. The van der Waals surface area contributed by atoms with Crippen molar-refractivity contribution in [3.8, 4) is 0 Å². The highest BCUT2D eigenvalue weighted by Crippen LogP contribution is 2.28. The molecule has 0 saturated carbocycles. The Bertz CT molecular complexity index is 339. The van der Waals surface area contributed by atoms with E-state index >= 15 is 0 Å². The lowest BCUT2D eigenvalue weighted by Crippen LogP contribution is -2.50. The number of aryl methyl sites for hydroxylation is 1. The maximum absolute atomic E-state index is 10.5. The number of hydrogen-bond donors (Lipinski definition) is 2. The van der Waals surface area contributed by atoms with Gasteiger partial charge >= 0.3 is 0 Å². The number of aromatic nitrogens is 1. The number of rotatable bonds is 2. The zero-order valence-electron chi connectivity index (χ0n) is 9.29. The van der Waals surface area contributed by atoms with Gasteiger partial charge in [-0.25, -0.2) is 4.98 Å². The van der Waals surface area contributed by atoms with Crippen molar-refractivity contribution in [3.63, 3.8) is 0 Å². The van der Waals surface area contributed by atoms with Crippen molar-refractivity contribution in [1.82, 2.24) is 10.3 Å². The average molecular weight is 226 g/mol. The van der Waals surface area contributed by atoms with Crippen LogP contribution >= 0.6 is 11.3 Å². The first kappa shape index (κ1) is 11.0. The molecule has 4 heteroatoms. The van der Waals surface area contributed by atoms with Crippen LogP contribution in [-0.2, 0) is 6.42 Å². The van der Waals surface area contributed by atoms with Crippen molar-refractivity contribution in [2.24, 2.45) is 5.92 Å². The molecule has 2 atom stereocenters. The summed E-state index contributed by atoms with van der Waals surface area (Å²) < 4.78 is 0. The standard InChI is InChI=1S/C11H18N2OS/c1-8-6-12-4-3-11(8,14)5-10-7-15-9(2)13-10/h7-8,12,14H,3-6H2,1-2H3. The van der Waals surface area contributed by atoms with E-state index in [1.54, 1.807) is 11.3 Å². The summed E-state index contributed by atoms with van der Waals surface area (Å²) >= 11 is 1.66. The van der Waals surface area contributed by atoms with Gasteiger partial charge in [-0.1, -0.05) is 6.92 Å². The zero-order valence-corrected chi connectivity index (χ0v) is 10.1. The maximum atomic E-state index is 10.5. The molecule has 0 bridgehead atoms. The van der Waals surface area contributed by atoms with Crippen LogP contribution in [-0.4, -0.2) is 28.8 Å². The normalized spacial score (nSPS) is 31.8. The van der Waals surface area contributed by atoms with Crippen LogP contribution in [0.3, 0.4) is 0 Å². The first-order valence-corrected chi connectivity index (χ1v) is 6.32. The van der Waals surface area contributed by atoms with Gasteiger partial charge in [0, 0.05) is 18.3 Å². The number of nitrogens with one attached hydrogen (secondary N) is 1. The molecule has 0 radical (unpaired) electrons. The monoisotopic (exact) mass is 226 g/mol. The fourth-order valence-corrected chi connectivity index (χ4v) is 2.74. The molecule has 2 heterocycles. The number of hydrogen-bond acceptors (Lipinski definition) is 4. The molecule has 0 amide bonds. The molecule has 3 nitrogen and oxygen atoms in total. The Balaban J connectivity index is 2.08. The Morgan fingerprint density at radius 2 is 2.53 bits per heavy atom. The molecule has 2 unspecified atom stereocenters. The van der Waals surface area contributed by atoms with Crippen LogP contribution in [0.4, 0.5) is 0 Å². The highest BCUT2D eigenvalue weighted by molar-refractivity contribution is 7.09. The van der Waals surface area contributed by atoms with Gasteiger partial charge in [-0.15, -0.1) is 11.3 Å². The highest BCUT2D eigenvalue weighted by atomic mass is 32.1. The number of nitrogens with zero attached hydrogens (tertiary/aromatic N) is 1. The summed E-state index contributed by atoms with van der Waals surface area (Å²) in [6.07, 6.45) is 1.52. The number of thiazole rings is 1. The van der Waals surface area contributed by atoms with Gasteiger partial charge in [0.25, 0.3) is 0 Å². The molecule has 2 rings (SSSR count). The molecule has 0 spiro atoms. The molecular weight excluding hydrogens is 208 g/mol. The van der Waals surface area contributed by atoms with E-state index in [1.165, 1.54) is 0 Å². The smallest absolute Gasteiger partial charge is 0.0897 e. The van der Waals surface area contributed by atoms with Crippen molar-refractivity contribution in [2.75, 3.05) is 13.1 Å². The summed E-state index contributed by atoms with van der Waals surface area (Å²) in [6.45, 7) is 5.92. The molecule has 1 aliphatic heterocycles. The van der Waals surface area contributed by atoms with Gasteiger partial charge in [-0.2, -0.15) is 0 Å². The van der Waals surface area contributed by atoms with Crippen LogP contribution in [0.5, 0.6) is 0 Å². The van der Waals surface area contributed by atoms with Gasteiger partial charge in [0.2, 0.25) is 0 Å². The predicted octanol–water partition coefficient (Wildman–Crippen LogP) is 1.35. The molecular formula is C11H18N2OS. The molecule has 0 aliphatic carbocycles. The third-order valence-electron chi connectivity index (χ3n) is 3.26. The lowest BCUT2D eigenvalue weighted by molar-refractivity contribution is -0.0335. The zero-order chi connectivity index (χ0) is 10.9. The number of aliphatic hydroxyl groups is 1. The van der Waals surface area contributed by atoms with E-state index in [-0.39, 0.29) is 0 Å². The summed E-state index contributed by atoms with van der Waals surface area (Å²) in [6, 6.07) is 0. The Morgan fingerprint density at radius 1 is 1.73 bits per heavy atom. The SMILES string of the molecule is Cc1nc(CC2(O)CCNCC2C)cs1. The van der Waals surface area contributed by atoms with Gasteiger partial charge < -0.3 is 10.4 Å². The molecule has 1 aromatic rings. The fraction of sp³-hybridized carbons (Fsp3) is 0.727. The Morgan fingerprint density at radius 3 is 3.13 bits per heavy atom. The molecule has 15 heavy (non-hydrogen) atoms. The summed E-state index contributed by atoms with van der Waals surface area (Å²) in [5.74, 6) is 0.299. The maximum Gasteiger partial charge on any atom is 0.0897 e. The van der Waals surface area contributed by atoms with Crippen molar-refractivity contribution in [2.45, 2.75) is 32.3 Å². The van der Waals surface area contributed by atoms with Crippen LogP contribution < -0.4 is 5.32 Å². The van der Waals surface area contributed by atoms with Crippen molar-refractivity contribution in [1.29, 1.82) is 0 Å². The average Bonchev–Trinajstić information content (AvgIpc) is 2.57. The van der Waals surface area contributed by atoms with Crippen LogP contribution in [0.25, 0.3) is 0 Å². The Labute approximate surface area is 94.5 Å². The lowest BCUT2D eigenvalue weighted by atomic mass is 9.80. The van der Waals surface area contributed by atoms with Crippen LogP contribution in [0.2, 0.25) is 0 Å². The second-order valence-corrected chi connectivity index (χ2v) is 5.56. The third-order valence-corrected chi connectivity index (χ3v) is 4.08. The van der Waals surface area contributed by atoms with Gasteiger partial charge in [0.05, 0.1) is 16.3 Å². The van der Waals surface area contributed by atoms with E-state index in [2.05, 4.69) is 22.6 Å². The van der Waals surface area contributed by atoms with E-state index in [4.69, 9.17) is 0 Å². The highest BCUT2D eigenvalue weighted by Gasteiger charge is 2.36. The molecule has 84 valence electrons. The topological polar surface area (TPSA) is 45.2 Å². The van der Waals surface area contributed by atoms with Crippen LogP contribution in [0.15, 0.2) is 5.38 Å². The quantitative estimate of drug-likeness (QED) is 0.800. The van der Waals surface area contributed by atoms with Crippen molar-refractivity contribution < 1.29 is 5.11 Å². The Hall–Kier alpha value is -0.450. The molecule has 1 saturated heterocycles. The second kappa shape index (κ2) is 4.20. The van der Waals surface area contributed by atoms with Gasteiger partial charge in [0.15, 0.2) is 0 Å². The van der Waals surface area contributed by atoms with Gasteiger partial charge in [0.1, 0.15) is 0 Å². The first-order chi connectivity index (χ1) is 7.10. The summed E-state index contributed by atoms with van der Waals surface area (Å²) in [4.78, 5) is 4.42. The Kier molecular flexibility index (Phi) is 3.09. The summed E-state index contributed by atoms with van der Waals surface area (Å²) in [5.41, 5.74) is 0.472. The third kappa shape index (κ3) is 2.38. The molecule has 1 fully saturated rings. The fourth-order valence-electron chi connectivity index (χ4n) is 2.13. The van der Waals surface area contributed by atoms with E-state index in [0.717, 1.165) is 30.2 Å². The van der Waals surface area contributed by atoms with E-state index < -0.39 is 5.60 Å². The van der Waals surface area contributed by atoms with E-state index in [9.17, 15) is 5.11 Å². The van der Waals surface area contributed by atoms with Crippen LogP contribution in [0, 0.1) is 12.8 Å². The van der Waals surface area contributed by atoms with Crippen LogP contribution in [0.1, 0.15) is 24.0 Å². The van der Waals surface area contributed by atoms with Crippen molar-refractivity contribution >= 4 is 11.3 Å².